The van der Waals surface area contributed by atoms with E-state index in [9.17, 15) is 15.0 Å². The lowest BCUT2D eigenvalue weighted by molar-refractivity contribution is 0.0681. The Bertz CT molecular complexity index is 1320. The fourth-order valence-corrected chi connectivity index (χ4v) is 4.19. The number of aryl methyl sites for hydroxylation is 1. The van der Waals surface area contributed by atoms with E-state index >= 15 is 0 Å². The Morgan fingerprint density at radius 3 is 2.61 bits per heavy atom. The van der Waals surface area contributed by atoms with Crippen molar-refractivity contribution >= 4 is 5.97 Å². The molecule has 168 valence electrons. The first-order valence-corrected chi connectivity index (χ1v) is 11.1. The summed E-state index contributed by atoms with van der Waals surface area (Å²) >= 11 is 0. The number of hydrogen-bond donors (Lipinski definition) is 3. The summed E-state index contributed by atoms with van der Waals surface area (Å²) < 4.78 is 1.59. The fourth-order valence-electron chi connectivity index (χ4n) is 4.19. The second-order valence-electron chi connectivity index (χ2n) is 9.61. The topological polar surface area (TPSA) is 114 Å². The molecule has 0 radical (unpaired) electrons. The Kier molecular flexibility index (Phi) is 4.89. The summed E-state index contributed by atoms with van der Waals surface area (Å²) in [6.07, 6.45) is 4.98. The van der Waals surface area contributed by atoms with Gasteiger partial charge in [-0.05, 0) is 63.3 Å². The first-order chi connectivity index (χ1) is 15.6. The van der Waals surface area contributed by atoms with Gasteiger partial charge in [-0.1, -0.05) is 24.0 Å². The molecule has 0 unspecified atom stereocenters. The molecule has 2 aliphatic rings. The largest absolute Gasteiger partial charge is 0.477 e. The minimum absolute atomic E-state index is 0.250. The highest BCUT2D eigenvalue weighted by Gasteiger charge is 2.41. The molecular formula is C26H26N4O3. The highest BCUT2D eigenvalue weighted by atomic mass is 16.4. The summed E-state index contributed by atoms with van der Waals surface area (Å²) in [7, 11) is 0. The molecule has 2 heterocycles. The van der Waals surface area contributed by atoms with Crippen LogP contribution in [0.25, 0.3) is 22.5 Å². The van der Waals surface area contributed by atoms with Crippen LogP contribution >= 0.6 is 0 Å². The number of pyridine rings is 1. The van der Waals surface area contributed by atoms with Crippen molar-refractivity contribution in [3.8, 4) is 34.4 Å². The Balaban J connectivity index is 1.52. The van der Waals surface area contributed by atoms with Gasteiger partial charge in [0, 0.05) is 34.0 Å². The normalized spacial score (nSPS) is 15.8. The summed E-state index contributed by atoms with van der Waals surface area (Å²) in [4.78, 5) is 16.7. The van der Waals surface area contributed by atoms with Crippen molar-refractivity contribution in [3.05, 3.63) is 58.9 Å². The summed E-state index contributed by atoms with van der Waals surface area (Å²) in [5.74, 6) is 4.82. The van der Waals surface area contributed by atoms with Crippen LogP contribution in [0.1, 0.15) is 53.9 Å². The number of hydrogen-bond acceptors (Lipinski definition) is 5. The average molecular weight is 443 g/mol. The van der Waals surface area contributed by atoms with Crippen LogP contribution in [0.4, 0.5) is 0 Å². The molecule has 7 nitrogen and oxygen atoms in total. The summed E-state index contributed by atoms with van der Waals surface area (Å²) in [5, 5.41) is 24.4. The van der Waals surface area contributed by atoms with E-state index in [2.05, 4.69) is 16.8 Å². The van der Waals surface area contributed by atoms with Crippen LogP contribution < -0.4 is 5.73 Å². The van der Waals surface area contributed by atoms with Crippen molar-refractivity contribution in [1.82, 2.24) is 14.8 Å². The van der Waals surface area contributed by atoms with Crippen molar-refractivity contribution in [2.45, 2.75) is 57.2 Å². The molecular weight excluding hydrogens is 416 g/mol. The number of carbonyl (C=O) groups is 1. The Morgan fingerprint density at radius 1 is 1.24 bits per heavy atom. The van der Waals surface area contributed by atoms with Gasteiger partial charge in [0.05, 0.1) is 17.9 Å². The lowest BCUT2D eigenvalue weighted by Gasteiger charge is -2.16. The molecule has 33 heavy (non-hydrogen) atoms. The molecule has 0 spiro atoms. The SMILES string of the molecule is CC(C)(O)C#Cc1ccc(-c2cc3c(cn2)CCc2c-3nn(CC3(N)CC3)c2C(=O)O)cc1. The highest BCUT2D eigenvalue weighted by Crippen LogP contribution is 2.39. The zero-order valence-corrected chi connectivity index (χ0v) is 18.7. The van der Waals surface area contributed by atoms with Gasteiger partial charge in [-0.2, -0.15) is 5.10 Å². The number of nitrogens with zero attached hydrogens (tertiary/aromatic N) is 3. The molecule has 0 amide bonds. The summed E-state index contributed by atoms with van der Waals surface area (Å²) in [6, 6.07) is 9.67. The third-order valence-corrected chi connectivity index (χ3v) is 6.19. The zero-order valence-electron chi connectivity index (χ0n) is 18.7. The third kappa shape index (κ3) is 4.28. The van der Waals surface area contributed by atoms with Crippen LogP contribution in [-0.2, 0) is 19.4 Å². The maximum atomic E-state index is 12.1. The van der Waals surface area contributed by atoms with E-state index in [1.165, 1.54) is 0 Å². The molecule has 7 heteroatoms. The Hall–Kier alpha value is -3.47. The summed E-state index contributed by atoms with van der Waals surface area (Å²) in [6.45, 7) is 3.71. The average Bonchev–Trinajstić information content (AvgIpc) is 3.37. The van der Waals surface area contributed by atoms with E-state index in [0.717, 1.165) is 52.8 Å². The van der Waals surface area contributed by atoms with Crippen LogP contribution in [0.2, 0.25) is 0 Å². The van der Waals surface area contributed by atoms with Gasteiger partial charge < -0.3 is 15.9 Å². The maximum Gasteiger partial charge on any atom is 0.354 e. The number of benzene rings is 1. The predicted octanol–water partition coefficient (Wildman–Crippen LogP) is 3.02. The van der Waals surface area contributed by atoms with Crippen molar-refractivity contribution in [1.29, 1.82) is 0 Å². The fraction of sp³-hybridized carbons (Fsp3) is 0.346. The number of nitrogens with two attached hydrogens (primary N) is 1. The first-order valence-electron chi connectivity index (χ1n) is 11.1. The van der Waals surface area contributed by atoms with E-state index in [1.807, 2.05) is 36.5 Å². The van der Waals surface area contributed by atoms with Crippen molar-refractivity contribution < 1.29 is 15.0 Å². The van der Waals surface area contributed by atoms with Crippen LogP contribution in [0.5, 0.6) is 0 Å². The molecule has 1 aromatic carbocycles. The molecule has 1 fully saturated rings. The van der Waals surface area contributed by atoms with E-state index in [-0.39, 0.29) is 11.2 Å². The van der Waals surface area contributed by atoms with Gasteiger partial charge >= 0.3 is 5.97 Å². The smallest absolute Gasteiger partial charge is 0.354 e. The van der Waals surface area contributed by atoms with Crippen LogP contribution in [0.3, 0.4) is 0 Å². The van der Waals surface area contributed by atoms with Gasteiger partial charge in [0.25, 0.3) is 0 Å². The Labute approximate surface area is 192 Å². The lowest BCUT2D eigenvalue weighted by Crippen LogP contribution is -2.30. The van der Waals surface area contributed by atoms with Crippen molar-refractivity contribution in [2.24, 2.45) is 5.73 Å². The van der Waals surface area contributed by atoms with E-state index < -0.39 is 11.6 Å². The molecule has 0 saturated heterocycles. The molecule has 0 aliphatic heterocycles. The minimum Gasteiger partial charge on any atom is -0.477 e. The second kappa shape index (κ2) is 7.55. The van der Waals surface area contributed by atoms with E-state index in [1.54, 1.807) is 18.5 Å². The van der Waals surface area contributed by atoms with Gasteiger partial charge in [-0.15, -0.1) is 0 Å². The molecule has 1 saturated carbocycles. The molecule has 2 aromatic heterocycles. The first kappa shape index (κ1) is 21.4. The van der Waals surface area contributed by atoms with Gasteiger partial charge in [0.1, 0.15) is 11.3 Å². The number of aromatic nitrogens is 3. The predicted molar refractivity (Wildman–Crippen MR) is 125 cm³/mol. The molecule has 0 bridgehead atoms. The van der Waals surface area contributed by atoms with Gasteiger partial charge in [0.15, 0.2) is 0 Å². The number of aromatic carboxylic acids is 1. The van der Waals surface area contributed by atoms with Crippen molar-refractivity contribution in [2.75, 3.05) is 0 Å². The monoisotopic (exact) mass is 442 g/mol. The van der Waals surface area contributed by atoms with E-state index in [0.29, 0.717) is 18.7 Å². The van der Waals surface area contributed by atoms with Crippen LogP contribution in [-0.4, -0.2) is 42.1 Å². The third-order valence-electron chi connectivity index (χ3n) is 6.19. The number of aliphatic hydroxyl groups is 1. The molecule has 3 aromatic rings. The van der Waals surface area contributed by atoms with Crippen molar-refractivity contribution in [3.63, 3.8) is 0 Å². The van der Waals surface area contributed by atoms with Crippen LogP contribution in [0, 0.1) is 11.8 Å². The molecule has 0 atom stereocenters. The number of fused-ring (bicyclic) bond motifs is 3. The van der Waals surface area contributed by atoms with E-state index in [4.69, 9.17) is 10.8 Å². The Morgan fingerprint density at radius 2 is 1.97 bits per heavy atom. The van der Waals surface area contributed by atoms with Gasteiger partial charge in [-0.3, -0.25) is 9.67 Å². The number of carboxylic acids is 1. The highest BCUT2D eigenvalue weighted by molar-refractivity contribution is 5.91. The molecule has 5 rings (SSSR count). The lowest BCUT2D eigenvalue weighted by atomic mass is 9.89. The maximum absolute atomic E-state index is 12.1. The minimum atomic E-state index is -1.04. The number of rotatable bonds is 4. The molecule has 4 N–H and O–H groups in total. The molecule has 2 aliphatic carbocycles. The van der Waals surface area contributed by atoms with Gasteiger partial charge in [-0.25, -0.2) is 4.79 Å². The van der Waals surface area contributed by atoms with Gasteiger partial charge in [0.2, 0.25) is 0 Å². The zero-order chi connectivity index (χ0) is 23.4. The van der Waals surface area contributed by atoms with Crippen LogP contribution in [0.15, 0.2) is 36.5 Å². The second-order valence-corrected chi connectivity index (χ2v) is 9.61. The summed E-state index contributed by atoms with van der Waals surface area (Å²) in [5.41, 5.74) is 11.1. The quantitative estimate of drug-likeness (QED) is 0.535. The standard InChI is InChI=1S/C26H26N4O3/c1-25(2,33)10-9-16-3-5-17(6-4-16)21-13-20-18(14-28-21)7-8-19-22(20)29-30(23(19)24(31)32)15-26(27)11-12-26/h3-6,13-14,33H,7-8,11-12,15,27H2,1-2H3,(H,31,32). The number of carboxylic acid groups (broad SMARTS) is 1.